The average molecular weight is 354 g/mol. The smallest absolute Gasteiger partial charge is 0.400 e. The van der Waals surface area contributed by atoms with Crippen LogP contribution in [0.1, 0.15) is 39.7 Å². The molecular weight excluding hydrogens is 331 g/mol. The number of Topliss-reactive ketones (excluding diaryl/α,β-unsaturated/α-hetero) is 1. The summed E-state index contributed by atoms with van der Waals surface area (Å²) in [6.45, 7) is 8.30. The van der Waals surface area contributed by atoms with Crippen LogP contribution in [0.5, 0.6) is 0 Å². The molecule has 1 saturated carbocycles. The summed E-state index contributed by atoms with van der Waals surface area (Å²) >= 11 is 1.63. The lowest BCUT2D eigenvalue weighted by atomic mass is 9.66. The van der Waals surface area contributed by atoms with E-state index in [9.17, 15) is 4.79 Å². The van der Waals surface area contributed by atoms with Gasteiger partial charge >= 0.3 is 7.12 Å². The second-order valence-corrected chi connectivity index (χ2v) is 9.57. The van der Waals surface area contributed by atoms with Gasteiger partial charge in [-0.2, -0.15) is 11.3 Å². The molecule has 1 aromatic rings. The Bertz CT molecular complexity index is 789. The van der Waals surface area contributed by atoms with Crippen molar-refractivity contribution in [2.45, 2.75) is 45.3 Å². The predicted molar refractivity (Wildman–Crippen MR) is 100 cm³/mol. The van der Waals surface area contributed by atoms with Crippen molar-refractivity contribution in [3.8, 4) is 0 Å². The molecule has 0 aromatic carbocycles. The summed E-state index contributed by atoms with van der Waals surface area (Å²) in [5.41, 5.74) is 2.23. The zero-order chi connectivity index (χ0) is 17.6. The molecule has 1 aliphatic heterocycles. The maximum absolute atomic E-state index is 13.4. The Hall–Kier alpha value is -1.17. The average Bonchev–Trinajstić information content (AvgIpc) is 3.29. The van der Waals surface area contributed by atoms with E-state index in [1.54, 1.807) is 11.3 Å². The van der Waals surface area contributed by atoms with E-state index in [2.05, 4.69) is 51.3 Å². The van der Waals surface area contributed by atoms with Crippen LogP contribution in [-0.4, -0.2) is 24.1 Å². The van der Waals surface area contributed by atoms with Crippen LogP contribution in [-0.2, 0) is 14.1 Å². The molecule has 0 spiro atoms. The third-order valence-corrected chi connectivity index (χ3v) is 7.66. The lowest BCUT2D eigenvalue weighted by Gasteiger charge is -2.32. The van der Waals surface area contributed by atoms with Crippen molar-refractivity contribution >= 4 is 29.8 Å². The molecule has 2 heterocycles. The molecule has 3 aliphatic carbocycles. The minimum absolute atomic E-state index is 0.0823. The number of hydrogen-bond acceptors (Lipinski definition) is 4. The predicted octanol–water partition coefficient (Wildman–Crippen LogP) is 4.15. The van der Waals surface area contributed by atoms with E-state index in [4.69, 9.17) is 9.31 Å². The molecule has 1 saturated heterocycles. The zero-order valence-electron chi connectivity index (χ0n) is 15.1. The highest BCUT2D eigenvalue weighted by atomic mass is 32.1. The fraction of sp³-hybridized carbons (Fsp3) is 0.550. The monoisotopic (exact) mass is 354 g/mol. The van der Waals surface area contributed by atoms with Gasteiger partial charge < -0.3 is 9.31 Å². The molecule has 1 aromatic heterocycles. The first-order chi connectivity index (χ1) is 11.8. The minimum atomic E-state index is -0.424. The van der Waals surface area contributed by atoms with Crippen LogP contribution in [0.25, 0.3) is 5.57 Å². The van der Waals surface area contributed by atoms with Crippen LogP contribution in [0, 0.1) is 23.7 Å². The highest BCUT2D eigenvalue weighted by Gasteiger charge is 2.62. The lowest BCUT2D eigenvalue weighted by Crippen LogP contribution is -2.41. The Morgan fingerprint density at radius 3 is 2.32 bits per heavy atom. The second-order valence-electron chi connectivity index (χ2n) is 8.79. The molecule has 130 valence electrons. The SMILES string of the molecule is CC1(C)OB(C2=C(c3ccsc3)C(=O)[C@H]3[C@@H]2[C@@H]2C=C[C@H]3C2)OC1(C)C. The zero-order valence-corrected chi connectivity index (χ0v) is 15.9. The first kappa shape index (κ1) is 16.0. The topological polar surface area (TPSA) is 35.5 Å². The molecule has 4 aliphatic rings. The van der Waals surface area contributed by atoms with Gasteiger partial charge in [0.15, 0.2) is 5.78 Å². The summed E-state index contributed by atoms with van der Waals surface area (Å²) in [4.78, 5) is 13.4. The number of rotatable bonds is 2. The van der Waals surface area contributed by atoms with Crippen molar-refractivity contribution in [1.82, 2.24) is 0 Å². The van der Waals surface area contributed by atoms with Crippen LogP contribution < -0.4 is 0 Å². The van der Waals surface area contributed by atoms with Gasteiger partial charge in [0, 0.05) is 11.5 Å². The summed E-state index contributed by atoms with van der Waals surface area (Å²) < 4.78 is 12.8. The van der Waals surface area contributed by atoms with Gasteiger partial charge in [-0.05, 0) is 79.7 Å². The van der Waals surface area contributed by atoms with E-state index in [1.807, 2.05) is 5.38 Å². The van der Waals surface area contributed by atoms with Gasteiger partial charge in [-0.1, -0.05) is 12.2 Å². The quantitative estimate of drug-likeness (QED) is 0.591. The summed E-state index contributed by atoms with van der Waals surface area (Å²) in [6, 6.07) is 2.06. The maximum atomic E-state index is 13.4. The summed E-state index contributed by atoms with van der Waals surface area (Å²) in [6.07, 6.45) is 5.66. The Kier molecular flexibility index (Phi) is 3.18. The van der Waals surface area contributed by atoms with E-state index in [0.29, 0.717) is 17.6 Å². The van der Waals surface area contributed by atoms with Gasteiger partial charge in [0.1, 0.15) is 0 Å². The van der Waals surface area contributed by atoms with Gasteiger partial charge in [0.05, 0.1) is 11.2 Å². The summed E-state index contributed by atoms with van der Waals surface area (Å²) in [5, 5.41) is 4.12. The molecule has 4 atom stereocenters. The Morgan fingerprint density at radius 2 is 1.72 bits per heavy atom. The maximum Gasteiger partial charge on any atom is 0.491 e. The highest BCUT2D eigenvalue weighted by molar-refractivity contribution is 7.08. The third kappa shape index (κ3) is 2.03. The highest BCUT2D eigenvalue weighted by Crippen LogP contribution is 2.59. The molecule has 3 nitrogen and oxygen atoms in total. The van der Waals surface area contributed by atoms with Gasteiger partial charge in [-0.15, -0.1) is 0 Å². The Labute approximate surface area is 153 Å². The molecule has 2 fully saturated rings. The third-order valence-electron chi connectivity index (χ3n) is 6.97. The van der Waals surface area contributed by atoms with Crippen molar-refractivity contribution in [3.63, 3.8) is 0 Å². The van der Waals surface area contributed by atoms with Crippen LogP contribution in [0.2, 0.25) is 0 Å². The largest absolute Gasteiger partial charge is 0.491 e. The van der Waals surface area contributed by atoms with E-state index in [0.717, 1.165) is 23.0 Å². The Morgan fingerprint density at radius 1 is 1.08 bits per heavy atom. The van der Waals surface area contributed by atoms with Gasteiger partial charge in [-0.25, -0.2) is 0 Å². The standard InChI is InChI=1S/C20H23BO3S/c1-19(2)20(3,4)24-21(23-19)17-14-11-5-6-12(9-11)15(14)18(22)16(17)13-7-8-25-10-13/h5-8,10-12,14-15H,9H2,1-4H3/t11-,12+,14+,15-/m1/s1. The number of ketones is 1. The molecule has 2 bridgehead atoms. The second kappa shape index (κ2) is 4.96. The Balaban J connectivity index is 1.65. The molecule has 25 heavy (non-hydrogen) atoms. The number of carbonyl (C=O) groups excluding carboxylic acids is 1. The van der Waals surface area contributed by atoms with E-state index in [1.165, 1.54) is 0 Å². The number of fused-ring (bicyclic) bond motifs is 5. The number of hydrogen-bond donors (Lipinski definition) is 0. The lowest BCUT2D eigenvalue weighted by molar-refractivity contribution is -0.117. The summed E-state index contributed by atoms with van der Waals surface area (Å²) in [5.74, 6) is 1.45. The van der Waals surface area contributed by atoms with E-state index < -0.39 is 7.12 Å². The van der Waals surface area contributed by atoms with Crippen molar-refractivity contribution < 1.29 is 14.1 Å². The van der Waals surface area contributed by atoms with Gasteiger partial charge in [0.25, 0.3) is 0 Å². The van der Waals surface area contributed by atoms with Crippen molar-refractivity contribution in [2.75, 3.05) is 0 Å². The van der Waals surface area contributed by atoms with Crippen LogP contribution in [0.3, 0.4) is 0 Å². The van der Waals surface area contributed by atoms with Crippen molar-refractivity contribution in [1.29, 1.82) is 0 Å². The molecule has 0 radical (unpaired) electrons. The molecule has 0 N–H and O–H groups in total. The summed E-state index contributed by atoms with van der Waals surface area (Å²) in [7, 11) is -0.424. The number of thiophene rings is 1. The fourth-order valence-electron chi connectivity index (χ4n) is 5.04. The van der Waals surface area contributed by atoms with Crippen molar-refractivity contribution in [3.05, 3.63) is 40.0 Å². The van der Waals surface area contributed by atoms with E-state index in [-0.39, 0.29) is 23.0 Å². The molecule has 5 heteroatoms. The van der Waals surface area contributed by atoms with Crippen LogP contribution in [0.4, 0.5) is 0 Å². The van der Waals surface area contributed by atoms with Gasteiger partial charge in [-0.3, -0.25) is 4.79 Å². The first-order valence-corrected chi connectivity index (χ1v) is 10.1. The van der Waals surface area contributed by atoms with Crippen LogP contribution >= 0.6 is 11.3 Å². The molecule has 0 unspecified atom stereocenters. The molecule has 5 rings (SSSR count). The first-order valence-electron chi connectivity index (χ1n) is 9.15. The molecular formula is C20H23BO3S. The number of carbonyl (C=O) groups is 1. The molecule has 0 amide bonds. The normalized spacial score (nSPS) is 37.4. The van der Waals surface area contributed by atoms with E-state index >= 15 is 0 Å². The minimum Gasteiger partial charge on any atom is -0.400 e. The number of allylic oxidation sites excluding steroid dienone is 4. The fourth-order valence-corrected chi connectivity index (χ4v) is 5.69. The van der Waals surface area contributed by atoms with Crippen molar-refractivity contribution in [2.24, 2.45) is 23.7 Å². The van der Waals surface area contributed by atoms with Crippen LogP contribution in [0.15, 0.2) is 34.5 Å². The van der Waals surface area contributed by atoms with Gasteiger partial charge in [0.2, 0.25) is 0 Å².